The third-order valence-electron chi connectivity index (χ3n) is 5.44. The maximum absolute atomic E-state index is 3.50. The third kappa shape index (κ3) is 9.32. The zero-order chi connectivity index (χ0) is 19.9. The fraction of sp³-hybridized carbons (Fsp3) is 0.600. The van der Waals surface area contributed by atoms with Crippen LogP contribution in [0.5, 0.6) is 0 Å². The molecule has 2 rings (SSSR count). The van der Waals surface area contributed by atoms with Gasteiger partial charge in [0.15, 0.2) is 24.8 Å². The van der Waals surface area contributed by atoms with E-state index in [9.17, 15) is 0 Å². The number of pyridine rings is 2. The van der Waals surface area contributed by atoms with Crippen LogP contribution in [-0.4, -0.2) is 5.33 Å². The molecule has 2 heterocycles. The zero-order valence-corrected chi connectivity index (χ0v) is 19.4. The Hall–Kier alpha value is -1.22. The highest BCUT2D eigenvalue weighted by Crippen LogP contribution is 2.16. The van der Waals surface area contributed by atoms with Crippen molar-refractivity contribution in [2.75, 3.05) is 5.33 Å². The van der Waals surface area contributed by atoms with Gasteiger partial charge in [-0.15, -0.1) is 0 Å². The molecular weight excluding hydrogens is 408 g/mol. The monoisotopic (exact) mass is 446 g/mol. The fourth-order valence-electron chi connectivity index (χ4n) is 3.59. The molecule has 0 fully saturated rings. The second kappa shape index (κ2) is 14.7. The van der Waals surface area contributed by atoms with Gasteiger partial charge in [-0.2, -0.15) is 0 Å². The standard InChI is InChI=1S/C25H39BrN2/c1-2-3-4-5-6-7-8-11-18-27-20-13-24(14-21-27)25-15-22-28(23-16-25)19-12-9-10-17-26/h13-16,20-23H,2-12,17-19H2,1H3/q+2. The normalized spacial score (nSPS) is 11.1. The van der Waals surface area contributed by atoms with Crippen molar-refractivity contribution in [2.45, 2.75) is 90.6 Å². The van der Waals surface area contributed by atoms with Crippen LogP contribution < -0.4 is 9.13 Å². The van der Waals surface area contributed by atoms with Crippen LogP contribution in [0.2, 0.25) is 0 Å². The highest BCUT2D eigenvalue weighted by molar-refractivity contribution is 9.09. The zero-order valence-electron chi connectivity index (χ0n) is 17.8. The van der Waals surface area contributed by atoms with Gasteiger partial charge in [0.2, 0.25) is 0 Å². The summed E-state index contributed by atoms with van der Waals surface area (Å²) in [6.45, 7) is 4.53. The molecule has 154 valence electrons. The Morgan fingerprint density at radius 1 is 0.571 bits per heavy atom. The molecule has 0 saturated carbocycles. The second-order valence-electron chi connectivity index (χ2n) is 7.87. The van der Waals surface area contributed by atoms with Crippen LogP contribution in [0.25, 0.3) is 11.1 Å². The van der Waals surface area contributed by atoms with Crippen molar-refractivity contribution in [3.63, 3.8) is 0 Å². The van der Waals surface area contributed by atoms with Crippen molar-refractivity contribution in [1.82, 2.24) is 0 Å². The van der Waals surface area contributed by atoms with E-state index in [2.05, 4.69) is 81.0 Å². The van der Waals surface area contributed by atoms with Gasteiger partial charge in [0.05, 0.1) is 0 Å². The van der Waals surface area contributed by atoms with E-state index in [0.717, 1.165) is 18.4 Å². The number of aryl methyl sites for hydroxylation is 2. The van der Waals surface area contributed by atoms with Gasteiger partial charge >= 0.3 is 0 Å². The molecule has 3 heteroatoms. The molecule has 0 aliphatic rings. The van der Waals surface area contributed by atoms with Crippen molar-refractivity contribution in [3.05, 3.63) is 49.1 Å². The summed E-state index contributed by atoms with van der Waals surface area (Å²) in [6.07, 6.45) is 23.7. The Kier molecular flexibility index (Phi) is 12.1. The van der Waals surface area contributed by atoms with Crippen LogP contribution in [0, 0.1) is 0 Å². The van der Waals surface area contributed by atoms with Crippen LogP contribution in [-0.2, 0) is 13.1 Å². The van der Waals surface area contributed by atoms with Gasteiger partial charge in [-0.05, 0) is 30.4 Å². The molecule has 0 bridgehead atoms. The molecule has 2 aromatic rings. The van der Waals surface area contributed by atoms with E-state index in [1.54, 1.807) is 0 Å². The molecule has 0 aliphatic carbocycles. The van der Waals surface area contributed by atoms with Crippen molar-refractivity contribution in [3.8, 4) is 11.1 Å². The third-order valence-corrected chi connectivity index (χ3v) is 6.00. The number of aromatic nitrogens is 2. The summed E-state index contributed by atoms with van der Waals surface area (Å²) in [5.74, 6) is 0. The lowest BCUT2D eigenvalue weighted by atomic mass is 10.1. The Bertz CT molecular complexity index is 622. The van der Waals surface area contributed by atoms with E-state index in [4.69, 9.17) is 0 Å². The number of hydrogen-bond acceptors (Lipinski definition) is 0. The minimum atomic E-state index is 1.11. The number of rotatable bonds is 15. The van der Waals surface area contributed by atoms with Crippen LogP contribution in [0.1, 0.15) is 77.6 Å². The molecule has 28 heavy (non-hydrogen) atoms. The fourth-order valence-corrected chi connectivity index (χ4v) is 3.99. The van der Waals surface area contributed by atoms with Crippen LogP contribution in [0.4, 0.5) is 0 Å². The summed E-state index contributed by atoms with van der Waals surface area (Å²) in [6, 6.07) is 8.98. The van der Waals surface area contributed by atoms with Crippen molar-refractivity contribution < 1.29 is 9.13 Å². The Balaban J connectivity index is 1.68. The Labute approximate surface area is 181 Å². The predicted molar refractivity (Wildman–Crippen MR) is 123 cm³/mol. The molecule has 0 aromatic carbocycles. The number of halogens is 1. The highest BCUT2D eigenvalue weighted by atomic mass is 79.9. The quantitative estimate of drug-likeness (QED) is 0.164. The topological polar surface area (TPSA) is 7.76 Å². The Morgan fingerprint density at radius 2 is 0.964 bits per heavy atom. The first kappa shape index (κ1) is 23.1. The molecule has 0 unspecified atom stereocenters. The molecule has 0 spiro atoms. The first-order chi connectivity index (χ1) is 13.8. The number of nitrogens with zero attached hydrogens (tertiary/aromatic N) is 2. The summed E-state index contributed by atoms with van der Waals surface area (Å²) in [5.41, 5.74) is 2.61. The number of hydrogen-bond donors (Lipinski definition) is 0. The highest BCUT2D eigenvalue weighted by Gasteiger charge is 2.06. The van der Waals surface area contributed by atoms with Crippen molar-refractivity contribution in [1.29, 1.82) is 0 Å². The molecule has 0 N–H and O–H groups in total. The number of unbranched alkanes of at least 4 members (excludes halogenated alkanes) is 9. The van der Waals surface area contributed by atoms with Crippen LogP contribution >= 0.6 is 15.9 Å². The molecule has 0 atom stereocenters. The molecule has 0 radical (unpaired) electrons. The molecule has 0 saturated heterocycles. The van der Waals surface area contributed by atoms with Crippen LogP contribution in [0.15, 0.2) is 49.1 Å². The van der Waals surface area contributed by atoms with Crippen LogP contribution in [0.3, 0.4) is 0 Å². The van der Waals surface area contributed by atoms with E-state index in [-0.39, 0.29) is 0 Å². The molecular formula is C25H39BrN2+2. The summed E-state index contributed by atoms with van der Waals surface area (Å²) in [5, 5.41) is 1.11. The van der Waals surface area contributed by atoms with Crippen molar-refractivity contribution in [2.24, 2.45) is 0 Å². The first-order valence-electron chi connectivity index (χ1n) is 11.4. The molecule has 2 nitrogen and oxygen atoms in total. The summed E-state index contributed by atoms with van der Waals surface area (Å²) < 4.78 is 4.62. The molecule has 0 amide bonds. The molecule has 2 aromatic heterocycles. The second-order valence-corrected chi connectivity index (χ2v) is 8.67. The average molecular weight is 448 g/mol. The average Bonchev–Trinajstić information content (AvgIpc) is 2.74. The smallest absolute Gasteiger partial charge is 0.169 e. The van der Waals surface area contributed by atoms with E-state index >= 15 is 0 Å². The maximum Gasteiger partial charge on any atom is 0.169 e. The summed E-state index contributed by atoms with van der Waals surface area (Å²) in [4.78, 5) is 0. The van der Waals surface area contributed by atoms with Gasteiger partial charge in [-0.3, -0.25) is 0 Å². The van der Waals surface area contributed by atoms with E-state index in [1.165, 1.54) is 81.8 Å². The van der Waals surface area contributed by atoms with Gasteiger partial charge in [0.25, 0.3) is 0 Å². The largest absolute Gasteiger partial charge is 0.205 e. The van der Waals surface area contributed by atoms with Gasteiger partial charge in [0, 0.05) is 42.4 Å². The Morgan fingerprint density at radius 3 is 1.39 bits per heavy atom. The van der Waals surface area contributed by atoms with E-state index in [0.29, 0.717) is 0 Å². The lowest BCUT2D eigenvalue weighted by Crippen LogP contribution is -2.33. The molecule has 0 aliphatic heterocycles. The van der Waals surface area contributed by atoms with Gasteiger partial charge in [-0.25, -0.2) is 9.13 Å². The summed E-state index contributed by atoms with van der Waals surface area (Å²) >= 11 is 3.50. The minimum absolute atomic E-state index is 1.11. The maximum atomic E-state index is 3.50. The first-order valence-corrected chi connectivity index (χ1v) is 12.5. The van der Waals surface area contributed by atoms with E-state index in [1.807, 2.05) is 0 Å². The van der Waals surface area contributed by atoms with E-state index < -0.39 is 0 Å². The SMILES string of the molecule is CCCCCCCCCC[n+]1ccc(-c2cc[n+](CCCCCBr)cc2)cc1. The lowest BCUT2D eigenvalue weighted by molar-refractivity contribution is -0.697. The van der Waals surface area contributed by atoms with Crippen molar-refractivity contribution >= 4 is 15.9 Å². The van der Waals surface area contributed by atoms with Gasteiger partial charge in [-0.1, -0.05) is 61.4 Å². The van der Waals surface area contributed by atoms with Gasteiger partial charge in [0.1, 0.15) is 13.1 Å². The van der Waals surface area contributed by atoms with Gasteiger partial charge < -0.3 is 0 Å². The number of alkyl halides is 1. The predicted octanol–water partition coefficient (Wildman–Crippen LogP) is 6.63. The lowest BCUT2D eigenvalue weighted by Gasteiger charge is -2.02. The minimum Gasteiger partial charge on any atom is -0.205 e. The summed E-state index contributed by atoms with van der Waals surface area (Å²) in [7, 11) is 0.